The molecule has 0 radical (unpaired) electrons. The van der Waals surface area contributed by atoms with Crippen LogP contribution in [0.2, 0.25) is 0 Å². The van der Waals surface area contributed by atoms with E-state index in [0.717, 1.165) is 12.8 Å². The first-order chi connectivity index (χ1) is 6.88. The van der Waals surface area contributed by atoms with Crippen molar-refractivity contribution in [2.75, 3.05) is 5.73 Å². The summed E-state index contributed by atoms with van der Waals surface area (Å²) in [6.07, 6.45) is 2.12. The number of nitrogen functional groups attached to an aromatic ring is 1. The fourth-order valence-corrected chi connectivity index (χ4v) is 1.70. The third-order valence-corrected chi connectivity index (χ3v) is 3.16. The summed E-state index contributed by atoms with van der Waals surface area (Å²) in [4.78, 5) is 0. The Hall–Kier alpha value is -0.990. The number of nitrogens with zero attached hydrogens (tertiary/aromatic N) is 1. The first-order valence-electron chi connectivity index (χ1n) is 5.70. The number of anilines is 1. The van der Waals surface area contributed by atoms with Gasteiger partial charge in [-0.2, -0.15) is 5.10 Å². The number of aromatic nitrogens is 2. The largest absolute Gasteiger partial charge is 0.382 e. The molecule has 0 bridgehead atoms. The van der Waals surface area contributed by atoms with Gasteiger partial charge in [-0.25, -0.2) is 0 Å². The highest BCUT2D eigenvalue weighted by Gasteiger charge is 2.26. The molecule has 0 aliphatic carbocycles. The van der Waals surface area contributed by atoms with Crippen molar-refractivity contribution >= 4 is 5.82 Å². The van der Waals surface area contributed by atoms with Crippen molar-refractivity contribution in [1.82, 2.24) is 10.2 Å². The Kier molecular flexibility index (Phi) is 3.42. The van der Waals surface area contributed by atoms with Gasteiger partial charge in [-0.1, -0.05) is 41.0 Å². The molecule has 0 fully saturated rings. The third-order valence-electron chi connectivity index (χ3n) is 3.16. The lowest BCUT2D eigenvalue weighted by Gasteiger charge is -2.27. The van der Waals surface area contributed by atoms with Crippen LogP contribution in [-0.4, -0.2) is 10.2 Å². The van der Waals surface area contributed by atoms with Crippen molar-refractivity contribution in [3.8, 4) is 0 Å². The molecule has 3 heteroatoms. The lowest BCUT2D eigenvalue weighted by molar-refractivity contribution is 0.332. The van der Waals surface area contributed by atoms with E-state index >= 15 is 0 Å². The molecule has 0 saturated heterocycles. The summed E-state index contributed by atoms with van der Waals surface area (Å²) in [5.74, 6) is 1.12. The minimum absolute atomic E-state index is 0.238. The molecule has 1 aromatic rings. The minimum atomic E-state index is 0.238. The Morgan fingerprint density at radius 1 is 1.40 bits per heavy atom. The van der Waals surface area contributed by atoms with Gasteiger partial charge in [0.1, 0.15) is 5.82 Å². The van der Waals surface area contributed by atoms with Crippen LogP contribution in [0.25, 0.3) is 0 Å². The van der Waals surface area contributed by atoms with Crippen molar-refractivity contribution in [2.45, 2.75) is 53.4 Å². The van der Waals surface area contributed by atoms with Gasteiger partial charge in [0.25, 0.3) is 0 Å². The number of hydrogen-bond donors (Lipinski definition) is 2. The Labute approximate surface area is 92.5 Å². The van der Waals surface area contributed by atoms with Crippen molar-refractivity contribution in [3.05, 3.63) is 11.3 Å². The van der Waals surface area contributed by atoms with E-state index in [1.807, 2.05) is 0 Å². The van der Waals surface area contributed by atoms with E-state index in [2.05, 4.69) is 44.8 Å². The number of H-pyrrole nitrogens is 1. The molecule has 86 valence electrons. The summed E-state index contributed by atoms with van der Waals surface area (Å²) >= 11 is 0. The molecular weight excluding hydrogens is 186 g/mol. The predicted molar refractivity (Wildman–Crippen MR) is 64.9 cm³/mol. The molecule has 1 unspecified atom stereocenters. The maximum Gasteiger partial charge on any atom is 0.148 e. The molecule has 15 heavy (non-hydrogen) atoms. The number of rotatable bonds is 3. The molecule has 0 aromatic carbocycles. The molecule has 1 aromatic heterocycles. The van der Waals surface area contributed by atoms with E-state index in [4.69, 9.17) is 5.73 Å². The Morgan fingerprint density at radius 3 is 2.47 bits per heavy atom. The third kappa shape index (κ3) is 2.52. The molecular formula is C12H23N3. The Balaban J connectivity index is 3.03. The van der Waals surface area contributed by atoms with Gasteiger partial charge in [0.15, 0.2) is 0 Å². The summed E-state index contributed by atoms with van der Waals surface area (Å²) in [7, 11) is 0. The van der Waals surface area contributed by atoms with Crippen molar-refractivity contribution in [1.29, 1.82) is 0 Å². The first kappa shape index (κ1) is 12.1. The van der Waals surface area contributed by atoms with E-state index in [1.54, 1.807) is 0 Å². The van der Waals surface area contributed by atoms with Crippen LogP contribution in [-0.2, 0) is 6.42 Å². The van der Waals surface area contributed by atoms with Gasteiger partial charge in [0.05, 0.1) is 0 Å². The number of aromatic amines is 1. The topological polar surface area (TPSA) is 54.7 Å². The van der Waals surface area contributed by atoms with Gasteiger partial charge in [-0.15, -0.1) is 0 Å². The van der Waals surface area contributed by atoms with E-state index in [1.165, 1.54) is 11.3 Å². The summed E-state index contributed by atoms with van der Waals surface area (Å²) in [6, 6.07) is 0. The molecule has 3 nitrogen and oxygen atoms in total. The summed E-state index contributed by atoms with van der Waals surface area (Å²) in [6.45, 7) is 11.1. The maximum atomic E-state index is 5.87. The maximum absolute atomic E-state index is 5.87. The van der Waals surface area contributed by atoms with Gasteiger partial charge >= 0.3 is 0 Å². The van der Waals surface area contributed by atoms with Crippen LogP contribution >= 0.6 is 0 Å². The van der Waals surface area contributed by atoms with Crippen LogP contribution in [0.3, 0.4) is 0 Å². The summed E-state index contributed by atoms with van der Waals surface area (Å²) in [5, 5.41) is 7.21. The molecule has 0 saturated carbocycles. The fraction of sp³-hybridized carbons (Fsp3) is 0.750. The lowest BCUT2D eigenvalue weighted by atomic mass is 9.78. The van der Waals surface area contributed by atoms with Crippen LogP contribution in [0, 0.1) is 5.41 Å². The van der Waals surface area contributed by atoms with Crippen LogP contribution in [0.5, 0.6) is 0 Å². The van der Waals surface area contributed by atoms with Crippen molar-refractivity contribution in [3.63, 3.8) is 0 Å². The van der Waals surface area contributed by atoms with Crippen molar-refractivity contribution < 1.29 is 0 Å². The Bertz CT molecular complexity index is 320. The SMILES string of the molecule is CCCc1c(N)n[nH]c1C(C)C(C)(C)C. The molecule has 3 N–H and O–H groups in total. The van der Waals surface area contributed by atoms with Crippen LogP contribution in [0.15, 0.2) is 0 Å². The van der Waals surface area contributed by atoms with Crippen LogP contribution in [0.1, 0.15) is 58.2 Å². The normalized spacial score (nSPS) is 14.2. The highest BCUT2D eigenvalue weighted by Crippen LogP contribution is 2.36. The molecule has 1 rings (SSSR count). The molecule has 0 amide bonds. The second-order valence-corrected chi connectivity index (χ2v) is 5.34. The van der Waals surface area contributed by atoms with Gasteiger partial charge in [-0.3, -0.25) is 5.10 Å². The van der Waals surface area contributed by atoms with Gasteiger partial charge < -0.3 is 5.73 Å². The van der Waals surface area contributed by atoms with Crippen LogP contribution < -0.4 is 5.73 Å². The molecule has 0 aliphatic rings. The Morgan fingerprint density at radius 2 is 2.00 bits per heavy atom. The summed E-state index contributed by atoms with van der Waals surface area (Å²) in [5.41, 5.74) is 8.52. The lowest BCUT2D eigenvalue weighted by Crippen LogP contribution is -2.17. The zero-order valence-electron chi connectivity index (χ0n) is 10.5. The molecule has 0 spiro atoms. The molecule has 0 aliphatic heterocycles. The minimum Gasteiger partial charge on any atom is -0.382 e. The quantitative estimate of drug-likeness (QED) is 0.803. The molecule has 1 heterocycles. The highest BCUT2D eigenvalue weighted by molar-refractivity contribution is 5.43. The monoisotopic (exact) mass is 209 g/mol. The highest BCUT2D eigenvalue weighted by atomic mass is 15.2. The summed E-state index contributed by atoms with van der Waals surface area (Å²) < 4.78 is 0. The van der Waals surface area contributed by atoms with E-state index in [9.17, 15) is 0 Å². The standard InChI is InChI=1S/C12H23N3/c1-6-7-9-10(14-15-11(9)13)8(2)12(3,4)5/h8H,6-7H2,1-5H3,(H3,13,14,15). The van der Waals surface area contributed by atoms with Crippen molar-refractivity contribution in [2.24, 2.45) is 5.41 Å². The van der Waals surface area contributed by atoms with Gasteiger partial charge in [0, 0.05) is 17.2 Å². The van der Waals surface area contributed by atoms with E-state index in [-0.39, 0.29) is 5.41 Å². The zero-order valence-corrected chi connectivity index (χ0v) is 10.5. The molecule has 1 atom stereocenters. The smallest absolute Gasteiger partial charge is 0.148 e. The number of hydrogen-bond acceptors (Lipinski definition) is 2. The van der Waals surface area contributed by atoms with Gasteiger partial charge in [-0.05, 0) is 11.8 Å². The second kappa shape index (κ2) is 4.25. The number of nitrogens with two attached hydrogens (primary N) is 1. The first-order valence-corrected chi connectivity index (χ1v) is 5.70. The average molecular weight is 209 g/mol. The number of nitrogens with one attached hydrogen (secondary N) is 1. The second-order valence-electron chi connectivity index (χ2n) is 5.34. The van der Waals surface area contributed by atoms with E-state index < -0.39 is 0 Å². The van der Waals surface area contributed by atoms with Crippen LogP contribution in [0.4, 0.5) is 5.82 Å². The van der Waals surface area contributed by atoms with E-state index in [0.29, 0.717) is 11.7 Å². The van der Waals surface area contributed by atoms with Gasteiger partial charge in [0.2, 0.25) is 0 Å². The zero-order chi connectivity index (χ0) is 11.6. The fourth-order valence-electron chi connectivity index (χ4n) is 1.70. The average Bonchev–Trinajstić information content (AvgIpc) is 2.46. The predicted octanol–water partition coefficient (Wildman–Crippen LogP) is 3.09.